The van der Waals surface area contributed by atoms with Gasteiger partial charge in [-0.1, -0.05) is 11.6 Å². The Labute approximate surface area is 111 Å². The first-order chi connectivity index (χ1) is 8.07. The minimum atomic E-state index is -1.25. The van der Waals surface area contributed by atoms with E-state index in [-0.39, 0.29) is 24.3 Å². The topological polar surface area (TPSA) is 51.2 Å². The molecule has 0 radical (unpaired) electrons. The lowest BCUT2D eigenvalue weighted by molar-refractivity contribution is -0.136. The smallest absolute Gasteiger partial charge is 0.246 e. The van der Waals surface area contributed by atoms with Gasteiger partial charge in [0.15, 0.2) is 0 Å². The number of rotatable bonds is 2. The Kier molecular flexibility index (Phi) is 3.65. The van der Waals surface area contributed by atoms with Crippen molar-refractivity contribution in [3.63, 3.8) is 0 Å². The predicted octanol–water partition coefficient (Wildman–Crippen LogP) is 1.81. The fourth-order valence-corrected chi connectivity index (χ4v) is 2.32. The number of alkyl halides is 1. The number of hydrogen-bond donors (Lipinski definition) is 1. The summed E-state index contributed by atoms with van der Waals surface area (Å²) < 4.78 is 19.0. The monoisotopic (exact) mass is 322 g/mol. The highest BCUT2D eigenvalue weighted by Crippen LogP contribution is 2.31. The molecule has 1 aliphatic rings. The molecule has 2 heterocycles. The van der Waals surface area contributed by atoms with Crippen LogP contribution in [-0.4, -0.2) is 30.8 Å². The summed E-state index contributed by atoms with van der Waals surface area (Å²) in [7, 11) is 0. The maximum Gasteiger partial charge on any atom is 0.246 e. The van der Waals surface area contributed by atoms with Gasteiger partial charge in [0.05, 0.1) is 6.61 Å². The lowest BCUT2D eigenvalue weighted by Gasteiger charge is -2.36. The highest BCUT2D eigenvalue weighted by atomic mass is 79.9. The molecule has 4 nitrogen and oxygen atoms in total. The van der Waals surface area contributed by atoms with E-state index < -0.39 is 12.2 Å². The van der Waals surface area contributed by atoms with Crippen LogP contribution in [0.25, 0.3) is 0 Å². The van der Waals surface area contributed by atoms with Crippen molar-refractivity contribution < 1.29 is 13.9 Å². The van der Waals surface area contributed by atoms with Crippen molar-refractivity contribution in [3.8, 4) is 0 Å². The number of nitrogens with zero attached hydrogens (tertiary/aromatic N) is 1. The molecule has 0 spiro atoms. The van der Waals surface area contributed by atoms with Crippen molar-refractivity contribution in [2.75, 3.05) is 19.9 Å². The van der Waals surface area contributed by atoms with Gasteiger partial charge in [-0.2, -0.15) is 0 Å². The molecule has 0 saturated carbocycles. The lowest BCUT2D eigenvalue weighted by Crippen LogP contribution is -2.56. The van der Waals surface area contributed by atoms with E-state index in [4.69, 9.17) is 16.3 Å². The third-order valence-corrected chi connectivity index (χ3v) is 3.24. The molecule has 2 rings (SSSR count). The zero-order valence-electron chi connectivity index (χ0n) is 8.67. The number of ether oxygens (including phenoxy) is 1. The predicted molar refractivity (Wildman–Crippen MR) is 63.6 cm³/mol. The second kappa shape index (κ2) is 4.88. The van der Waals surface area contributed by atoms with Gasteiger partial charge < -0.3 is 10.1 Å². The Bertz CT molecular complexity index is 460. The lowest BCUT2D eigenvalue weighted by atomic mass is 9.92. The van der Waals surface area contributed by atoms with Gasteiger partial charge >= 0.3 is 0 Å². The fourth-order valence-electron chi connectivity index (χ4n) is 1.70. The maximum absolute atomic E-state index is 13.3. The van der Waals surface area contributed by atoms with Gasteiger partial charge in [0, 0.05) is 16.2 Å². The van der Waals surface area contributed by atoms with E-state index in [2.05, 4.69) is 26.2 Å². The summed E-state index contributed by atoms with van der Waals surface area (Å²) in [6.45, 7) is -0.843. The number of carbonyl (C=O) groups excluding carboxylic acids is 1. The SMILES string of the molecule is O=C1COCC(CF)(c2cc(Br)cnc2Cl)N1. The summed E-state index contributed by atoms with van der Waals surface area (Å²) in [5, 5.41) is 2.73. The molecule has 1 atom stereocenters. The van der Waals surface area contributed by atoms with Gasteiger partial charge in [0.2, 0.25) is 5.91 Å². The standard InChI is InChI=1S/C10H9BrClFN2O2/c11-6-1-7(9(12)14-2-6)10(4-13)5-17-3-8(16)15-10/h1-2H,3-5H2,(H,15,16). The van der Waals surface area contributed by atoms with Crippen LogP contribution in [0.5, 0.6) is 0 Å². The summed E-state index contributed by atoms with van der Waals surface area (Å²) in [6.07, 6.45) is 1.50. The number of hydrogen-bond acceptors (Lipinski definition) is 3. The van der Waals surface area contributed by atoms with Crippen molar-refractivity contribution in [1.29, 1.82) is 0 Å². The van der Waals surface area contributed by atoms with Crippen LogP contribution in [-0.2, 0) is 15.1 Å². The molecular weight excluding hydrogens is 314 g/mol. The van der Waals surface area contributed by atoms with Gasteiger partial charge in [0.25, 0.3) is 0 Å². The summed E-state index contributed by atoms with van der Waals surface area (Å²) in [6, 6.07) is 1.63. The molecular formula is C10H9BrClFN2O2. The number of aromatic nitrogens is 1. The van der Waals surface area contributed by atoms with Crippen LogP contribution < -0.4 is 5.32 Å². The minimum Gasteiger partial charge on any atom is -0.369 e. The first-order valence-electron chi connectivity index (χ1n) is 4.84. The molecule has 92 valence electrons. The van der Waals surface area contributed by atoms with Crippen molar-refractivity contribution in [1.82, 2.24) is 10.3 Å². The maximum atomic E-state index is 13.3. The van der Waals surface area contributed by atoms with E-state index in [0.717, 1.165) is 0 Å². The molecule has 17 heavy (non-hydrogen) atoms. The number of pyridine rings is 1. The number of morpholine rings is 1. The molecule has 1 unspecified atom stereocenters. The molecule has 1 fully saturated rings. The Hall–Kier alpha value is -0.720. The fraction of sp³-hybridized carbons (Fsp3) is 0.400. The average Bonchev–Trinajstić information content (AvgIpc) is 2.32. The third kappa shape index (κ3) is 2.43. The molecule has 0 aromatic carbocycles. The van der Waals surface area contributed by atoms with Gasteiger partial charge in [-0.25, -0.2) is 9.37 Å². The van der Waals surface area contributed by atoms with Crippen molar-refractivity contribution in [3.05, 3.63) is 27.5 Å². The van der Waals surface area contributed by atoms with Gasteiger partial charge in [-0.15, -0.1) is 0 Å². The van der Waals surface area contributed by atoms with E-state index in [1.54, 1.807) is 6.07 Å². The molecule has 1 aromatic rings. The van der Waals surface area contributed by atoms with Crippen LogP contribution in [0.1, 0.15) is 5.56 Å². The molecule has 0 aliphatic carbocycles. The van der Waals surface area contributed by atoms with Gasteiger partial charge in [-0.3, -0.25) is 4.79 Å². The first-order valence-corrected chi connectivity index (χ1v) is 6.01. The van der Waals surface area contributed by atoms with Gasteiger partial charge in [-0.05, 0) is 22.0 Å². The highest BCUT2D eigenvalue weighted by molar-refractivity contribution is 9.10. The largest absolute Gasteiger partial charge is 0.369 e. The number of amides is 1. The summed E-state index contributed by atoms with van der Waals surface area (Å²) >= 11 is 9.17. The molecule has 1 aliphatic heterocycles. The van der Waals surface area contributed by atoms with E-state index in [1.807, 2.05) is 0 Å². The quantitative estimate of drug-likeness (QED) is 0.845. The molecule has 0 bridgehead atoms. The van der Waals surface area contributed by atoms with E-state index in [0.29, 0.717) is 10.0 Å². The second-order valence-corrected chi connectivity index (χ2v) is 5.02. The number of nitrogens with one attached hydrogen (secondary N) is 1. The van der Waals surface area contributed by atoms with Crippen LogP contribution in [0.3, 0.4) is 0 Å². The van der Waals surface area contributed by atoms with Crippen molar-refractivity contribution in [2.45, 2.75) is 5.54 Å². The van der Waals surface area contributed by atoms with E-state index in [9.17, 15) is 9.18 Å². The first kappa shape index (κ1) is 12.7. The molecule has 1 N–H and O–H groups in total. The number of carbonyl (C=O) groups is 1. The zero-order valence-corrected chi connectivity index (χ0v) is 11.0. The van der Waals surface area contributed by atoms with Crippen LogP contribution in [0.15, 0.2) is 16.7 Å². The molecule has 1 amide bonds. The zero-order chi connectivity index (χ0) is 12.5. The van der Waals surface area contributed by atoms with Crippen LogP contribution in [0.4, 0.5) is 4.39 Å². The molecule has 1 aromatic heterocycles. The van der Waals surface area contributed by atoms with Crippen molar-refractivity contribution in [2.24, 2.45) is 0 Å². The summed E-state index contributed by atoms with van der Waals surface area (Å²) in [5.74, 6) is -0.370. The van der Waals surface area contributed by atoms with Crippen LogP contribution >= 0.6 is 27.5 Å². The Morgan fingerprint density at radius 1 is 1.71 bits per heavy atom. The second-order valence-electron chi connectivity index (χ2n) is 3.75. The van der Waals surface area contributed by atoms with Crippen molar-refractivity contribution >= 4 is 33.4 Å². The van der Waals surface area contributed by atoms with Crippen LogP contribution in [0.2, 0.25) is 5.15 Å². The highest BCUT2D eigenvalue weighted by Gasteiger charge is 2.40. The molecule has 1 saturated heterocycles. The normalized spacial score (nSPS) is 24.5. The third-order valence-electron chi connectivity index (χ3n) is 2.51. The Balaban J connectivity index is 2.46. The van der Waals surface area contributed by atoms with E-state index in [1.165, 1.54) is 6.20 Å². The number of halogens is 3. The molecule has 7 heteroatoms. The average molecular weight is 324 g/mol. The van der Waals surface area contributed by atoms with E-state index >= 15 is 0 Å². The summed E-state index contributed by atoms with van der Waals surface area (Å²) in [5.41, 5.74) is -0.840. The van der Waals surface area contributed by atoms with Gasteiger partial charge in [0.1, 0.15) is 24.0 Å². The summed E-state index contributed by atoms with van der Waals surface area (Å²) in [4.78, 5) is 15.2. The Morgan fingerprint density at radius 3 is 3.12 bits per heavy atom. The minimum absolute atomic E-state index is 0.0348. The Morgan fingerprint density at radius 2 is 2.47 bits per heavy atom. The van der Waals surface area contributed by atoms with Crippen LogP contribution in [0, 0.1) is 0 Å².